The number of urea groups is 1. The Labute approximate surface area is 161 Å². The Bertz CT molecular complexity index is 865. The molecule has 0 aromatic heterocycles. The molecular formula is C18H14BrF3N2OS. The van der Waals surface area contributed by atoms with Gasteiger partial charge in [0, 0.05) is 20.0 Å². The lowest BCUT2D eigenvalue weighted by atomic mass is 10.1. The number of allylic oxidation sites excluding steroid dienone is 1. The number of halogens is 4. The number of carbonyl (C=O) groups is 1. The number of thioether (sulfide) groups is 1. The minimum absolute atomic E-state index is 0.184. The highest BCUT2D eigenvalue weighted by Crippen LogP contribution is 2.36. The van der Waals surface area contributed by atoms with Crippen molar-refractivity contribution < 1.29 is 18.0 Å². The molecule has 2 aromatic rings. The van der Waals surface area contributed by atoms with Gasteiger partial charge in [0.05, 0.1) is 17.8 Å². The van der Waals surface area contributed by atoms with E-state index in [1.54, 1.807) is 6.92 Å². The maximum absolute atomic E-state index is 13.0. The SMILES string of the molecule is CC1=C(Sc2ccc(Br)cc2)CNC(=O)N1c1cccc(C(F)(F)F)c1. The van der Waals surface area contributed by atoms with Gasteiger partial charge in [-0.3, -0.25) is 4.90 Å². The van der Waals surface area contributed by atoms with Crippen molar-refractivity contribution >= 4 is 39.4 Å². The van der Waals surface area contributed by atoms with Crippen molar-refractivity contribution in [1.29, 1.82) is 0 Å². The van der Waals surface area contributed by atoms with Gasteiger partial charge in [0.25, 0.3) is 0 Å². The van der Waals surface area contributed by atoms with E-state index < -0.39 is 17.8 Å². The van der Waals surface area contributed by atoms with Crippen LogP contribution in [0.15, 0.2) is 68.5 Å². The summed E-state index contributed by atoms with van der Waals surface area (Å²) in [6.45, 7) is 2.07. The smallest absolute Gasteiger partial charge is 0.333 e. The van der Waals surface area contributed by atoms with E-state index in [0.29, 0.717) is 12.2 Å². The van der Waals surface area contributed by atoms with Gasteiger partial charge >= 0.3 is 12.2 Å². The molecule has 3 rings (SSSR count). The molecule has 8 heteroatoms. The molecule has 2 aromatic carbocycles. The molecule has 1 aliphatic rings. The maximum Gasteiger partial charge on any atom is 0.416 e. The average Bonchev–Trinajstić information content (AvgIpc) is 2.59. The number of carbonyl (C=O) groups excluding carboxylic acids is 1. The minimum Gasteiger partial charge on any atom is -0.333 e. The van der Waals surface area contributed by atoms with E-state index in [-0.39, 0.29) is 5.69 Å². The van der Waals surface area contributed by atoms with Gasteiger partial charge in [-0.25, -0.2) is 4.79 Å². The number of hydrogen-bond donors (Lipinski definition) is 1. The van der Waals surface area contributed by atoms with Crippen LogP contribution in [0.3, 0.4) is 0 Å². The number of benzene rings is 2. The first-order valence-electron chi connectivity index (χ1n) is 7.64. The van der Waals surface area contributed by atoms with Gasteiger partial charge < -0.3 is 5.32 Å². The molecule has 1 aliphatic heterocycles. The number of anilines is 1. The quantitative estimate of drug-likeness (QED) is 0.629. The summed E-state index contributed by atoms with van der Waals surface area (Å²) in [6, 6.07) is 12.0. The number of amides is 2. The lowest BCUT2D eigenvalue weighted by Crippen LogP contribution is -2.44. The van der Waals surface area contributed by atoms with Crippen molar-refractivity contribution in [2.45, 2.75) is 18.0 Å². The second-order valence-corrected chi connectivity index (χ2v) is 7.69. The summed E-state index contributed by atoms with van der Waals surface area (Å²) >= 11 is 4.85. The maximum atomic E-state index is 13.0. The van der Waals surface area contributed by atoms with Crippen LogP contribution in [0.2, 0.25) is 0 Å². The average molecular weight is 443 g/mol. The molecule has 2 amide bonds. The van der Waals surface area contributed by atoms with Crippen molar-refractivity contribution in [1.82, 2.24) is 5.32 Å². The normalized spacial score (nSPS) is 15.3. The van der Waals surface area contributed by atoms with Crippen molar-refractivity contribution in [3.05, 3.63) is 69.2 Å². The van der Waals surface area contributed by atoms with Crippen LogP contribution in [0.1, 0.15) is 12.5 Å². The monoisotopic (exact) mass is 442 g/mol. The number of hydrogen-bond acceptors (Lipinski definition) is 2. The third kappa shape index (κ3) is 4.07. The van der Waals surface area contributed by atoms with Crippen LogP contribution in [0.4, 0.5) is 23.7 Å². The summed E-state index contributed by atoms with van der Waals surface area (Å²) in [5.74, 6) is 0. The van der Waals surface area contributed by atoms with Crippen molar-refractivity contribution in [3.63, 3.8) is 0 Å². The summed E-state index contributed by atoms with van der Waals surface area (Å²) in [5.41, 5.74) is 0.00714. The van der Waals surface area contributed by atoms with Crippen molar-refractivity contribution in [3.8, 4) is 0 Å². The van der Waals surface area contributed by atoms with Crippen molar-refractivity contribution in [2.24, 2.45) is 0 Å². The van der Waals surface area contributed by atoms with Crippen LogP contribution in [-0.4, -0.2) is 12.6 Å². The lowest BCUT2D eigenvalue weighted by molar-refractivity contribution is -0.137. The van der Waals surface area contributed by atoms with E-state index >= 15 is 0 Å². The molecule has 0 spiro atoms. The number of alkyl halides is 3. The van der Waals surface area contributed by atoms with Gasteiger partial charge in [-0.15, -0.1) is 0 Å². The van der Waals surface area contributed by atoms with E-state index in [9.17, 15) is 18.0 Å². The second-order valence-electron chi connectivity index (χ2n) is 5.61. The molecule has 1 N–H and O–H groups in total. The summed E-state index contributed by atoms with van der Waals surface area (Å²) in [5, 5.41) is 2.72. The molecule has 3 nitrogen and oxygen atoms in total. The topological polar surface area (TPSA) is 32.3 Å². The lowest BCUT2D eigenvalue weighted by Gasteiger charge is -2.31. The number of nitrogens with zero attached hydrogens (tertiary/aromatic N) is 1. The van der Waals surface area contributed by atoms with Crippen molar-refractivity contribution in [2.75, 3.05) is 11.4 Å². The van der Waals surface area contributed by atoms with Crippen LogP contribution in [0, 0.1) is 0 Å². The summed E-state index contributed by atoms with van der Waals surface area (Å²) in [7, 11) is 0. The Kier molecular flexibility index (Phi) is 5.34. The standard InChI is InChI=1S/C18H14BrF3N2OS/c1-11-16(26-15-7-5-13(19)6-8-15)10-23-17(25)24(11)14-4-2-3-12(9-14)18(20,21)22/h2-9H,10H2,1H3,(H,23,25). The van der Waals surface area contributed by atoms with Gasteiger partial charge in [0.1, 0.15) is 0 Å². The highest BCUT2D eigenvalue weighted by atomic mass is 79.9. The zero-order valence-corrected chi connectivity index (χ0v) is 16.0. The highest BCUT2D eigenvalue weighted by molar-refractivity contribution is 9.10. The summed E-state index contributed by atoms with van der Waals surface area (Å²) in [4.78, 5) is 15.4. The molecule has 0 aliphatic carbocycles. The first kappa shape index (κ1) is 18.8. The van der Waals surface area contributed by atoms with Gasteiger partial charge in [0.2, 0.25) is 0 Å². The minimum atomic E-state index is -4.46. The van der Waals surface area contributed by atoms with E-state index in [4.69, 9.17) is 0 Å². The largest absolute Gasteiger partial charge is 0.416 e. The Morgan fingerprint density at radius 3 is 2.50 bits per heavy atom. The third-order valence-electron chi connectivity index (χ3n) is 3.83. The first-order chi connectivity index (χ1) is 12.3. The molecule has 0 saturated heterocycles. The number of nitrogens with one attached hydrogen (secondary N) is 1. The molecule has 1 heterocycles. The summed E-state index contributed by atoms with van der Waals surface area (Å²) in [6.07, 6.45) is -4.46. The second kappa shape index (κ2) is 7.36. The van der Waals surface area contributed by atoms with Crippen LogP contribution in [0.25, 0.3) is 0 Å². The molecule has 136 valence electrons. The molecule has 0 saturated carbocycles. The molecule has 0 fully saturated rings. The Balaban J connectivity index is 1.95. The molecular weight excluding hydrogens is 429 g/mol. The van der Waals surface area contributed by atoms with Gasteiger partial charge in [-0.2, -0.15) is 13.2 Å². The van der Waals surface area contributed by atoms with Crippen LogP contribution in [-0.2, 0) is 6.18 Å². The van der Waals surface area contributed by atoms with Gasteiger partial charge in [-0.1, -0.05) is 33.8 Å². The Morgan fingerprint density at radius 1 is 1.15 bits per heavy atom. The van der Waals surface area contributed by atoms with E-state index in [1.165, 1.54) is 28.8 Å². The zero-order chi connectivity index (χ0) is 18.9. The predicted octanol–water partition coefficient (Wildman–Crippen LogP) is 6.02. The van der Waals surface area contributed by atoms with E-state index in [0.717, 1.165) is 26.4 Å². The van der Waals surface area contributed by atoms with Crippen LogP contribution < -0.4 is 10.2 Å². The van der Waals surface area contributed by atoms with E-state index in [2.05, 4.69) is 21.2 Å². The van der Waals surface area contributed by atoms with Gasteiger partial charge in [0.15, 0.2) is 0 Å². The molecule has 0 radical (unpaired) electrons. The fraction of sp³-hybridized carbons (Fsp3) is 0.167. The van der Waals surface area contributed by atoms with E-state index in [1.807, 2.05) is 24.3 Å². The molecule has 0 bridgehead atoms. The molecule has 0 atom stereocenters. The highest BCUT2D eigenvalue weighted by Gasteiger charge is 2.32. The van der Waals surface area contributed by atoms with Crippen LogP contribution >= 0.6 is 27.7 Å². The first-order valence-corrected chi connectivity index (χ1v) is 9.25. The van der Waals surface area contributed by atoms with Gasteiger partial charge in [-0.05, 0) is 49.4 Å². The summed E-state index contributed by atoms with van der Waals surface area (Å²) < 4.78 is 39.9. The fourth-order valence-electron chi connectivity index (χ4n) is 2.53. The Morgan fingerprint density at radius 2 is 1.85 bits per heavy atom. The molecule has 0 unspecified atom stereocenters. The molecule has 26 heavy (non-hydrogen) atoms. The fourth-order valence-corrected chi connectivity index (χ4v) is 3.73. The number of rotatable bonds is 3. The predicted molar refractivity (Wildman–Crippen MR) is 100 cm³/mol. The zero-order valence-electron chi connectivity index (χ0n) is 13.6. The van der Waals surface area contributed by atoms with Crippen LogP contribution in [0.5, 0.6) is 0 Å². The third-order valence-corrected chi connectivity index (χ3v) is 5.55. The Hall–Kier alpha value is -1.93.